The highest BCUT2D eigenvalue weighted by atomic mass is 16.1. The highest BCUT2D eigenvalue weighted by molar-refractivity contribution is 5.96. The quantitative estimate of drug-likeness (QED) is 0.623. The van der Waals surface area contributed by atoms with Crippen LogP contribution in [0.25, 0.3) is 6.08 Å². The molecule has 0 saturated heterocycles. The Morgan fingerprint density at radius 1 is 1.00 bits per heavy atom. The lowest BCUT2D eigenvalue weighted by Gasteiger charge is -2.28. The monoisotopic (exact) mass is 316 g/mol. The Labute approximate surface area is 144 Å². The molecule has 24 heavy (non-hydrogen) atoms. The molecule has 1 unspecified atom stereocenters. The van der Waals surface area contributed by atoms with Gasteiger partial charge < -0.3 is 0 Å². The van der Waals surface area contributed by atoms with Crippen LogP contribution >= 0.6 is 0 Å². The fourth-order valence-electron chi connectivity index (χ4n) is 3.38. The van der Waals surface area contributed by atoms with Crippen molar-refractivity contribution in [3.8, 4) is 0 Å². The number of carbonyl (C=O) groups excluding carboxylic acids is 1. The van der Waals surface area contributed by atoms with Gasteiger partial charge in [-0.3, -0.25) is 4.79 Å². The lowest BCUT2D eigenvalue weighted by molar-refractivity contribution is 0.0938. The van der Waals surface area contributed by atoms with E-state index in [1.807, 2.05) is 48.5 Å². The van der Waals surface area contributed by atoms with Crippen molar-refractivity contribution < 1.29 is 4.79 Å². The van der Waals surface area contributed by atoms with Crippen LogP contribution in [0.1, 0.15) is 42.6 Å². The van der Waals surface area contributed by atoms with Gasteiger partial charge in [-0.2, -0.15) is 0 Å². The summed E-state index contributed by atoms with van der Waals surface area (Å²) in [6.45, 7) is 4.52. The van der Waals surface area contributed by atoms with Gasteiger partial charge in [-0.15, -0.1) is 0 Å². The Morgan fingerprint density at radius 3 is 2.29 bits per heavy atom. The first-order valence-electron chi connectivity index (χ1n) is 8.58. The molecule has 1 atom stereocenters. The van der Waals surface area contributed by atoms with Crippen LogP contribution in [0.4, 0.5) is 0 Å². The first kappa shape index (κ1) is 16.4. The average Bonchev–Trinajstić information content (AvgIpc) is 2.89. The van der Waals surface area contributed by atoms with Crippen LogP contribution in [-0.4, -0.2) is 5.78 Å². The highest BCUT2D eigenvalue weighted by Crippen LogP contribution is 2.45. The van der Waals surface area contributed by atoms with Crippen LogP contribution in [0.2, 0.25) is 0 Å². The molecule has 1 heteroatoms. The second kappa shape index (κ2) is 7.00. The predicted octanol–water partition coefficient (Wildman–Crippen LogP) is 5.95. The molecule has 3 rings (SSSR count). The van der Waals surface area contributed by atoms with Crippen molar-refractivity contribution in [1.82, 2.24) is 0 Å². The molecule has 1 nitrogen and oxygen atoms in total. The van der Waals surface area contributed by atoms with Crippen LogP contribution in [0.5, 0.6) is 0 Å². The predicted molar refractivity (Wildman–Crippen MR) is 101 cm³/mol. The average molecular weight is 316 g/mol. The minimum absolute atomic E-state index is 0.126. The minimum Gasteiger partial charge on any atom is -0.294 e. The Hall–Kier alpha value is -2.41. The molecular formula is C23H24O. The first-order valence-corrected chi connectivity index (χ1v) is 8.58. The molecule has 1 aliphatic rings. The van der Waals surface area contributed by atoms with Crippen LogP contribution in [0.3, 0.4) is 0 Å². The molecule has 0 bridgehead atoms. The summed E-state index contributed by atoms with van der Waals surface area (Å²) in [7, 11) is 0. The van der Waals surface area contributed by atoms with E-state index in [2.05, 4.69) is 44.2 Å². The molecule has 0 N–H and O–H groups in total. The van der Waals surface area contributed by atoms with Gasteiger partial charge in [0.2, 0.25) is 0 Å². The fraction of sp³-hybridized carbons (Fsp3) is 0.261. The third kappa shape index (κ3) is 3.73. The van der Waals surface area contributed by atoms with Gasteiger partial charge in [0, 0.05) is 12.0 Å². The number of hydrogen-bond acceptors (Lipinski definition) is 1. The van der Waals surface area contributed by atoms with E-state index in [9.17, 15) is 4.79 Å². The zero-order chi connectivity index (χ0) is 17.0. The molecule has 0 aliphatic heterocycles. The Balaban J connectivity index is 1.77. The van der Waals surface area contributed by atoms with Gasteiger partial charge in [0.25, 0.3) is 0 Å². The number of ketones is 1. The van der Waals surface area contributed by atoms with Crippen molar-refractivity contribution in [3.63, 3.8) is 0 Å². The summed E-state index contributed by atoms with van der Waals surface area (Å²) in [5.41, 5.74) is 3.41. The number of benzene rings is 2. The normalized spacial score (nSPS) is 19.4. The smallest absolute Gasteiger partial charge is 0.163 e. The third-order valence-corrected chi connectivity index (χ3v) is 4.96. The van der Waals surface area contributed by atoms with Crippen molar-refractivity contribution >= 4 is 11.9 Å². The zero-order valence-electron chi connectivity index (χ0n) is 14.4. The van der Waals surface area contributed by atoms with E-state index < -0.39 is 0 Å². The van der Waals surface area contributed by atoms with E-state index >= 15 is 0 Å². The molecule has 0 radical (unpaired) electrons. The zero-order valence-corrected chi connectivity index (χ0v) is 14.4. The van der Waals surface area contributed by atoms with Gasteiger partial charge in [-0.1, -0.05) is 92.7 Å². The summed E-state index contributed by atoms with van der Waals surface area (Å²) >= 11 is 0. The van der Waals surface area contributed by atoms with Crippen molar-refractivity contribution in [3.05, 3.63) is 89.5 Å². The van der Waals surface area contributed by atoms with Gasteiger partial charge in [0.05, 0.1) is 0 Å². The molecule has 1 aliphatic carbocycles. The Kier molecular flexibility index (Phi) is 4.80. The number of allylic oxidation sites excluding steroid dienone is 3. The molecular weight excluding hydrogens is 292 g/mol. The maximum atomic E-state index is 12.7. The van der Waals surface area contributed by atoms with Gasteiger partial charge in [0.15, 0.2) is 5.78 Å². The maximum Gasteiger partial charge on any atom is 0.163 e. The van der Waals surface area contributed by atoms with E-state index in [1.165, 1.54) is 11.1 Å². The summed E-state index contributed by atoms with van der Waals surface area (Å²) in [6, 6.07) is 19.9. The van der Waals surface area contributed by atoms with Crippen molar-refractivity contribution in [2.45, 2.75) is 26.7 Å². The lowest BCUT2D eigenvalue weighted by atomic mass is 9.75. The van der Waals surface area contributed by atoms with Gasteiger partial charge in [-0.25, -0.2) is 0 Å². The summed E-state index contributed by atoms with van der Waals surface area (Å²) in [5.74, 6) is 0.500. The number of Topliss-reactive ketones (excluding diaryl/α,β-unsaturated/α-hetero) is 1. The van der Waals surface area contributed by atoms with Crippen LogP contribution in [0, 0.1) is 11.3 Å². The standard InChI is InChI=1S/C23H24O/c1-23(2)16-15-19(14-13-18-9-5-3-6-10-18)21(23)17-22(24)20-11-7-4-8-12-20/h3-15,21H,16-17H2,1-2H3/b14-13+. The summed E-state index contributed by atoms with van der Waals surface area (Å²) in [6.07, 6.45) is 8.22. The summed E-state index contributed by atoms with van der Waals surface area (Å²) in [5, 5.41) is 0. The second-order valence-electron chi connectivity index (χ2n) is 7.19. The number of rotatable bonds is 5. The molecule has 0 aromatic heterocycles. The number of carbonyl (C=O) groups is 1. The van der Waals surface area contributed by atoms with Gasteiger partial charge in [-0.05, 0) is 28.9 Å². The second-order valence-corrected chi connectivity index (χ2v) is 7.19. The maximum absolute atomic E-state index is 12.7. The van der Waals surface area contributed by atoms with Crippen molar-refractivity contribution in [1.29, 1.82) is 0 Å². The SMILES string of the molecule is CC1(C)CC=C(/C=C/c2ccccc2)C1CC(=O)c1ccccc1. The largest absolute Gasteiger partial charge is 0.294 e. The number of hydrogen-bond donors (Lipinski definition) is 0. The van der Waals surface area contributed by atoms with Crippen molar-refractivity contribution in [2.75, 3.05) is 0 Å². The van der Waals surface area contributed by atoms with Gasteiger partial charge in [0.1, 0.15) is 0 Å². The minimum atomic E-state index is 0.126. The van der Waals surface area contributed by atoms with Crippen LogP contribution in [-0.2, 0) is 0 Å². The molecule has 0 spiro atoms. The Morgan fingerprint density at radius 2 is 1.62 bits per heavy atom. The van der Waals surface area contributed by atoms with E-state index in [0.717, 1.165) is 12.0 Å². The topological polar surface area (TPSA) is 17.1 Å². The van der Waals surface area contributed by atoms with E-state index in [0.29, 0.717) is 6.42 Å². The molecule has 0 fully saturated rings. The Bertz CT molecular complexity index is 751. The molecule has 0 heterocycles. The van der Waals surface area contributed by atoms with E-state index in [1.54, 1.807) is 0 Å². The molecule has 0 saturated carbocycles. The molecule has 122 valence electrons. The molecule has 2 aromatic carbocycles. The first-order chi connectivity index (χ1) is 11.6. The van der Waals surface area contributed by atoms with Crippen LogP contribution in [0.15, 0.2) is 78.4 Å². The lowest BCUT2D eigenvalue weighted by Crippen LogP contribution is -2.23. The highest BCUT2D eigenvalue weighted by Gasteiger charge is 2.36. The van der Waals surface area contributed by atoms with Gasteiger partial charge >= 0.3 is 0 Å². The van der Waals surface area contributed by atoms with Crippen LogP contribution < -0.4 is 0 Å². The third-order valence-electron chi connectivity index (χ3n) is 4.96. The summed E-state index contributed by atoms with van der Waals surface area (Å²) in [4.78, 5) is 12.7. The van der Waals surface area contributed by atoms with E-state index in [4.69, 9.17) is 0 Å². The summed E-state index contributed by atoms with van der Waals surface area (Å²) < 4.78 is 0. The molecule has 0 amide bonds. The molecule has 2 aromatic rings. The van der Waals surface area contributed by atoms with Crippen molar-refractivity contribution in [2.24, 2.45) is 11.3 Å². The fourth-order valence-corrected chi connectivity index (χ4v) is 3.38. The van der Waals surface area contributed by atoms with E-state index in [-0.39, 0.29) is 17.1 Å².